The molecule has 0 spiro atoms. The van der Waals surface area contributed by atoms with E-state index in [-0.39, 0.29) is 17.7 Å². The summed E-state index contributed by atoms with van der Waals surface area (Å²) in [7, 11) is 0. The second kappa shape index (κ2) is 5.18. The average molecular weight is 405 g/mol. The maximum Gasteiger partial charge on any atom is 0.250 e. The molecule has 3 rings (SSSR count). The highest BCUT2D eigenvalue weighted by atomic mass is 127. The van der Waals surface area contributed by atoms with Crippen LogP contribution in [0.5, 0.6) is 0 Å². The Morgan fingerprint density at radius 1 is 1.35 bits per heavy atom. The molecule has 1 saturated carbocycles. The number of benzene rings is 1. The van der Waals surface area contributed by atoms with E-state index in [1.165, 1.54) is 0 Å². The SMILES string of the molecule is CC1C(=O)NC(C2CC2)C(=O)N1c1ccc(I)cc1Cl. The fourth-order valence-corrected chi connectivity index (χ4v) is 3.49. The summed E-state index contributed by atoms with van der Waals surface area (Å²) in [5.41, 5.74) is 0.616. The smallest absolute Gasteiger partial charge is 0.250 e. The summed E-state index contributed by atoms with van der Waals surface area (Å²) in [4.78, 5) is 26.3. The zero-order valence-corrected chi connectivity index (χ0v) is 13.8. The Morgan fingerprint density at radius 3 is 2.65 bits per heavy atom. The first-order chi connectivity index (χ1) is 9.49. The zero-order chi connectivity index (χ0) is 14.4. The fourth-order valence-electron chi connectivity index (χ4n) is 2.55. The standard InChI is InChI=1S/C14H14ClIN2O2/c1-7-13(19)17-12(8-2-3-8)14(20)18(7)11-5-4-9(16)6-10(11)15/h4-8,12H,2-3H2,1H3,(H,17,19). The number of nitrogens with one attached hydrogen (secondary N) is 1. The second-order valence-electron chi connectivity index (χ2n) is 5.30. The highest BCUT2D eigenvalue weighted by molar-refractivity contribution is 14.1. The van der Waals surface area contributed by atoms with Crippen LogP contribution in [0.25, 0.3) is 0 Å². The van der Waals surface area contributed by atoms with Gasteiger partial charge in [-0.2, -0.15) is 0 Å². The molecule has 0 radical (unpaired) electrons. The van der Waals surface area contributed by atoms with E-state index in [4.69, 9.17) is 11.6 Å². The number of anilines is 1. The topological polar surface area (TPSA) is 49.4 Å². The van der Waals surface area contributed by atoms with Gasteiger partial charge in [0.2, 0.25) is 5.91 Å². The normalized spacial score (nSPS) is 26.6. The summed E-state index contributed by atoms with van der Waals surface area (Å²) in [6.45, 7) is 1.73. The van der Waals surface area contributed by atoms with Gasteiger partial charge in [0.05, 0.1) is 10.7 Å². The Bertz CT molecular complexity index is 589. The van der Waals surface area contributed by atoms with E-state index in [0.717, 1.165) is 16.4 Å². The van der Waals surface area contributed by atoms with Crippen LogP contribution in [0.1, 0.15) is 19.8 Å². The molecule has 6 heteroatoms. The van der Waals surface area contributed by atoms with Crippen molar-refractivity contribution in [2.45, 2.75) is 31.8 Å². The maximum atomic E-state index is 12.7. The summed E-state index contributed by atoms with van der Waals surface area (Å²) >= 11 is 8.42. The predicted octanol–water partition coefficient (Wildman–Crippen LogP) is 2.57. The van der Waals surface area contributed by atoms with Gasteiger partial charge in [-0.25, -0.2) is 0 Å². The first kappa shape index (κ1) is 14.1. The molecule has 2 aliphatic rings. The summed E-state index contributed by atoms with van der Waals surface area (Å²) in [5.74, 6) is 0.114. The van der Waals surface area contributed by atoms with Crippen LogP contribution in [0, 0.1) is 9.49 Å². The van der Waals surface area contributed by atoms with Crippen molar-refractivity contribution in [2.75, 3.05) is 4.90 Å². The van der Waals surface area contributed by atoms with Gasteiger partial charge >= 0.3 is 0 Å². The predicted molar refractivity (Wildman–Crippen MR) is 85.8 cm³/mol. The number of halogens is 2. The van der Waals surface area contributed by atoms with Crippen molar-refractivity contribution in [3.63, 3.8) is 0 Å². The van der Waals surface area contributed by atoms with Gasteiger partial charge in [0.25, 0.3) is 5.91 Å². The van der Waals surface area contributed by atoms with Crippen LogP contribution in [0.2, 0.25) is 5.02 Å². The molecular weight excluding hydrogens is 391 g/mol. The molecule has 0 aromatic heterocycles. The molecule has 1 saturated heterocycles. The molecule has 1 aromatic rings. The third-order valence-electron chi connectivity index (χ3n) is 3.83. The summed E-state index contributed by atoms with van der Waals surface area (Å²) in [6.07, 6.45) is 2.00. The number of nitrogens with zero attached hydrogens (tertiary/aromatic N) is 1. The number of rotatable bonds is 2. The third kappa shape index (κ3) is 2.41. The van der Waals surface area contributed by atoms with E-state index in [9.17, 15) is 9.59 Å². The molecular formula is C14H14ClIN2O2. The summed E-state index contributed by atoms with van der Waals surface area (Å²) in [6, 6.07) is 4.57. The lowest BCUT2D eigenvalue weighted by atomic mass is 10.0. The first-order valence-electron chi connectivity index (χ1n) is 6.57. The van der Waals surface area contributed by atoms with Crippen molar-refractivity contribution < 1.29 is 9.59 Å². The van der Waals surface area contributed by atoms with Crippen LogP contribution < -0.4 is 10.2 Å². The molecule has 2 atom stereocenters. The molecule has 2 amide bonds. The number of carbonyl (C=O) groups excluding carboxylic acids is 2. The molecule has 4 nitrogen and oxygen atoms in total. The Morgan fingerprint density at radius 2 is 2.05 bits per heavy atom. The van der Waals surface area contributed by atoms with Crippen molar-refractivity contribution in [1.29, 1.82) is 0 Å². The third-order valence-corrected chi connectivity index (χ3v) is 4.80. The second-order valence-corrected chi connectivity index (χ2v) is 6.96. The van der Waals surface area contributed by atoms with E-state index in [1.54, 1.807) is 24.0 Å². The number of hydrogen-bond acceptors (Lipinski definition) is 2. The van der Waals surface area contributed by atoms with E-state index in [0.29, 0.717) is 10.7 Å². The first-order valence-corrected chi connectivity index (χ1v) is 8.03. The molecule has 1 N–H and O–H groups in total. The molecule has 1 heterocycles. The molecule has 106 valence electrons. The number of hydrogen-bond donors (Lipinski definition) is 1. The minimum atomic E-state index is -0.532. The molecule has 1 aliphatic heterocycles. The zero-order valence-electron chi connectivity index (χ0n) is 10.9. The van der Waals surface area contributed by atoms with Crippen molar-refractivity contribution >= 4 is 51.7 Å². The lowest BCUT2D eigenvalue weighted by Crippen LogP contribution is -2.63. The number of amides is 2. The van der Waals surface area contributed by atoms with Crippen LogP contribution >= 0.6 is 34.2 Å². The molecule has 0 bridgehead atoms. The van der Waals surface area contributed by atoms with E-state index in [2.05, 4.69) is 27.9 Å². The molecule has 2 unspecified atom stereocenters. The van der Waals surface area contributed by atoms with Crippen LogP contribution in [0.15, 0.2) is 18.2 Å². The van der Waals surface area contributed by atoms with Gasteiger partial charge in [-0.15, -0.1) is 0 Å². The monoisotopic (exact) mass is 404 g/mol. The van der Waals surface area contributed by atoms with Crippen LogP contribution in [-0.4, -0.2) is 23.9 Å². The highest BCUT2D eigenvalue weighted by Crippen LogP contribution is 2.37. The molecule has 20 heavy (non-hydrogen) atoms. The van der Waals surface area contributed by atoms with E-state index >= 15 is 0 Å². The Balaban J connectivity index is 1.99. The van der Waals surface area contributed by atoms with Gasteiger partial charge in [-0.05, 0) is 66.5 Å². The van der Waals surface area contributed by atoms with E-state index in [1.807, 2.05) is 6.07 Å². The van der Waals surface area contributed by atoms with Gasteiger partial charge < -0.3 is 5.32 Å². The van der Waals surface area contributed by atoms with E-state index < -0.39 is 12.1 Å². The van der Waals surface area contributed by atoms with Crippen molar-refractivity contribution in [3.05, 3.63) is 26.8 Å². The lowest BCUT2D eigenvalue weighted by Gasteiger charge is -2.37. The Labute approximate surface area is 136 Å². The van der Waals surface area contributed by atoms with Crippen molar-refractivity contribution in [3.8, 4) is 0 Å². The largest absolute Gasteiger partial charge is 0.342 e. The maximum absolute atomic E-state index is 12.7. The van der Waals surface area contributed by atoms with Gasteiger partial charge in [0.15, 0.2) is 0 Å². The number of carbonyl (C=O) groups is 2. The van der Waals surface area contributed by atoms with Gasteiger partial charge in [0, 0.05) is 3.57 Å². The Kier molecular flexibility index (Phi) is 3.66. The van der Waals surface area contributed by atoms with Crippen LogP contribution in [-0.2, 0) is 9.59 Å². The van der Waals surface area contributed by atoms with Crippen LogP contribution in [0.4, 0.5) is 5.69 Å². The summed E-state index contributed by atoms with van der Waals surface area (Å²) in [5, 5.41) is 3.33. The average Bonchev–Trinajstić information content (AvgIpc) is 3.21. The fraction of sp³-hybridized carbons (Fsp3) is 0.429. The van der Waals surface area contributed by atoms with Gasteiger partial charge in [-0.1, -0.05) is 11.6 Å². The quantitative estimate of drug-likeness (QED) is 0.770. The molecule has 1 aromatic carbocycles. The highest BCUT2D eigenvalue weighted by Gasteiger charge is 2.46. The van der Waals surface area contributed by atoms with Crippen molar-refractivity contribution in [2.24, 2.45) is 5.92 Å². The van der Waals surface area contributed by atoms with Gasteiger partial charge in [-0.3, -0.25) is 14.5 Å². The van der Waals surface area contributed by atoms with Gasteiger partial charge in [0.1, 0.15) is 12.1 Å². The lowest BCUT2D eigenvalue weighted by molar-refractivity contribution is -0.133. The minimum absolute atomic E-state index is 0.0530. The molecule has 2 fully saturated rings. The summed E-state index contributed by atoms with van der Waals surface area (Å²) < 4.78 is 0.997. The minimum Gasteiger partial charge on any atom is -0.342 e. The number of piperazine rings is 1. The Hall–Kier alpha value is -0.820. The van der Waals surface area contributed by atoms with Crippen molar-refractivity contribution in [1.82, 2.24) is 5.32 Å². The van der Waals surface area contributed by atoms with Crippen LogP contribution in [0.3, 0.4) is 0 Å². The molecule has 1 aliphatic carbocycles.